The second-order valence-corrected chi connectivity index (χ2v) is 8.59. The van der Waals surface area contributed by atoms with Crippen LogP contribution in [0.1, 0.15) is 89.0 Å². The summed E-state index contributed by atoms with van der Waals surface area (Å²) in [4.78, 5) is 0. The van der Waals surface area contributed by atoms with Gasteiger partial charge in [-0.05, 0) is 92.7 Å². The Kier molecular flexibility index (Phi) is 7.28. The normalized spacial score (nSPS) is 30.0. The van der Waals surface area contributed by atoms with Crippen molar-refractivity contribution in [2.24, 2.45) is 17.8 Å². The summed E-state index contributed by atoms with van der Waals surface area (Å²) in [6, 6.07) is 4.43. The zero-order valence-electron chi connectivity index (χ0n) is 16.2. The summed E-state index contributed by atoms with van der Waals surface area (Å²) in [6.07, 6.45) is 19.2. The molecule has 0 saturated heterocycles. The van der Waals surface area contributed by atoms with Gasteiger partial charge in [-0.3, -0.25) is 0 Å². The van der Waals surface area contributed by atoms with E-state index in [-0.39, 0.29) is 0 Å². The Labute approximate surface area is 158 Å². The fourth-order valence-corrected chi connectivity index (χ4v) is 4.89. The summed E-state index contributed by atoms with van der Waals surface area (Å²) in [5.41, 5.74) is 0.969. The second kappa shape index (κ2) is 9.67. The average Bonchev–Trinajstić information content (AvgIpc) is 2.68. The van der Waals surface area contributed by atoms with Gasteiger partial charge in [0.1, 0.15) is 0 Å². The summed E-state index contributed by atoms with van der Waals surface area (Å²) in [7, 11) is 0. The maximum atomic E-state index is 13.4. The SMILES string of the molecule is CCCC[C@H]1CC[C@H](/C=C/[C@H]2CC[C@H](c3ccc(F)c(F)c3)CC2)CC1. The van der Waals surface area contributed by atoms with E-state index in [1.54, 1.807) is 6.07 Å². The molecule has 0 N–H and O–H groups in total. The van der Waals surface area contributed by atoms with E-state index in [1.165, 1.54) is 69.9 Å². The van der Waals surface area contributed by atoms with Crippen LogP contribution in [0.25, 0.3) is 0 Å². The van der Waals surface area contributed by atoms with E-state index in [1.807, 2.05) is 0 Å². The van der Waals surface area contributed by atoms with Gasteiger partial charge in [-0.1, -0.05) is 44.4 Å². The molecule has 0 atom stereocenters. The monoisotopic (exact) mass is 360 g/mol. The molecule has 2 aliphatic rings. The third-order valence-corrected chi connectivity index (χ3v) is 6.70. The highest BCUT2D eigenvalue weighted by atomic mass is 19.2. The standard InChI is InChI=1S/C24H34F2/c1-2-3-4-18-5-7-19(8-6-18)9-10-20-11-13-21(14-12-20)22-15-16-23(25)24(26)17-22/h9-10,15-21H,2-8,11-14H2,1H3/b10-9+/t18-,19-,20-,21-. The van der Waals surface area contributed by atoms with Crippen LogP contribution >= 0.6 is 0 Å². The first-order valence-electron chi connectivity index (χ1n) is 10.8. The summed E-state index contributed by atoms with van der Waals surface area (Å²) < 4.78 is 26.6. The minimum absolute atomic E-state index is 0.392. The van der Waals surface area contributed by atoms with Crippen molar-refractivity contribution < 1.29 is 8.78 Å². The molecule has 0 radical (unpaired) electrons. The van der Waals surface area contributed by atoms with Gasteiger partial charge in [-0.25, -0.2) is 8.78 Å². The molecule has 0 unspecified atom stereocenters. The summed E-state index contributed by atoms with van der Waals surface area (Å²) in [5.74, 6) is 1.38. The molecule has 2 aliphatic carbocycles. The van der Waals surface area contributed by atoms with Crippen LogP contribution in [0.15, 0.2) is 30.4 Å². The minimum Gasteiger partial charge on any atom is -0.204 e. The van der Waals surface area contributed by atoms with Crippen LogP contribution in [0, 0.1) is 29.4 Å². The predicted molar refractivity (Wildman–Crippen MR) is 105 cm³/mol. The molecule has 0 amide bonds. The Morgan fingerprint density at radius 1 is 0.846 bits per heavy atom. The second-order valence-electron chi connectivity index (χ2n) is 8.59. The van der Waals surface area contributed by atoms with Crippen LogP contribution in [-0.2, 0) is 0 Å². The number of hydrogen-bond acceptors (Lipinski definition) is 0. The number of benzene rings is 1. The number of unbranched alkanes of at least 4 members (excludes halogenated alkanes) is 1. The highest BCUT2D eigenvalue weighted by Gasteiger charge is 2.23. The first-order chi connectivity index (χ1) is 12.7. The minimum atomic E-state index is -0.741. The molecule has 2 heteroatoms. The van der Waals surface area contributed by atoms with Gasteiger partial charge in [0.05, 0.1) is 0 Å². The Balaban J connectivity index is 1.41. The fraction of sp³-hybridized carbons (Fsp3) is 0.667. The van der Waals surface area contributed by atoms with Crippen molar-refractivity contribution in [2.45, 2.75) is 83.5 Å². The van der Waals surface area contributed by atoms with E-state index in [9.17, 15) is 8.78 Å². The van der Waals surface area contributed by atoms with E-state index < -0.39 is 11.6 Å². The first kappa shape index (κ1) is 19.6. The number of rotatable bonds is 6. The molecule has 1 aromatic rings. The van der Waals surface area contributed by atoms with E-state index >= 15 is 0 Å². The Morgan fingerprint density at radius 2 is 1.46 bits per heavy atom. The molecule has 0 nitrogen and oxygen atoms in total. The van der Waals surface area contributed by atoms with Crippen molar-refractivity contribution in [3.05, 3.63) is 47.5 Å². The Hall–Kier alpha value is -1.18. The topological polar surface area (TPSA) is 0 Å². The summed E-state index contributed by atoms with van der Waals surface area (Å²) >= 11 is 0. The predicted octanol–water partition coefficient (Wildman–Crippen LogP) is 7.79. The van der Waals surface area contributed by atoms with Gasteiger partial charge in [0.25, 0.3) is 0 Å². The molecular formula is C24H34F2. The Bertz CT molecular complexity index is 576. The van der Waals surface area contributed by atoms with Crippen LogP contribution in [0.5, 0.6) is 0 Å². The number of hydrogen-bond donors (Lipinski definition) is 0. The molecule has 144 valence electrons. The zero-order chi connectivity index (χ0) is 18.4. The third-order valence-electron chi connectivity index (χ3n) is 6.70. The van der Waals surface area contributed by atoms with Gasteiger partial charge in [-0.2, -0.15) is 0 Å². The molecule has 0 bridgehead atoms. The largest absolute Gasteiger partial charge is 0.204 e. The average molecular weight is 361 g/mol. The van der Waals surface area contributed by atoms with Crippen LogP contribution < -0.4 is 0 Å². The zero-order valence-corrected chi connectivity index (χ0v) is 16.2. The van der Waals surface area contributed by atoms with Crippen LogP contribution in [0.2, 0.25) is 0 Å². The maximum Gasteiger partial charge on any atom is 0.159 e. The van der Waals surface area contributed by atoms with Crippen molar-refractivity contribution in [3.63, 3.8) is 0 Å². The lowest BCUT2D eigenvalue weighted by Gasteiger charge is -2.29. The molecule has 0 aromatic heterocycles. The van der Waals surface area contributed by atoms with Gasteiger partial charge in [0.15, 0.2) is 11.6 Å². The maximum absolute atomic E-state index is 13.4. The van der Waals surface area contributed by atoms with E-state index in [2.05, 4.69) is 19.1 Å². The molecule has 0 aliphatic heterocycles. The van der Waals surface area contributed by atoms with Gasteiger partial charge < -0.3 is 0 Å². The molecular weight excluding hydrogens is 326 g/mol. The van der Waals surface area contributed by atoms with Crippen molar-refractivity contribution in [3.8, 4) is 0 Å². The van der Waals surface area contributed by atoms with Gasteiger partial charge in [0, 0.05) is 0 Å². The van der Waals surface area contributed by atoms with Crippen molar-refractivity contribution in [2.75, 3.05) is 0 Å². The third kappa shape index (κ3) is 5.41. The lowest BCUT2D eigenvalue weighted by atomic mass is 9.77. The number of allylic oxidation sites excluding steroid dienone is 2. The molecule has 26 heavy (non-hydrogen) atoms. The molecule has 2 fully saturated rings. The lowest BCUT2D eigenvalue weighted by molar-refractivity contribution is 0.289. The first-order valence-corrected chi connectivity index (χ1v) is 10.8. The summed E-state index contributed by atoms with van der Waals surface area (Å²) in [6.45, 7) is 2.29. The fourth-order valence-electron chi connectivity index (χ4n) is 4.89. The summed E-state index contributed by atoms with van der Waals surface area (Å²) in [5, 5.41) is 0. The van der Waals surface area contributed by atoms with E-state index in [0.717, 1.165) is 30.2 Å². The van der Waals surface area contributed by atoms with Crippen molar-refractivity contribution in [1.29, 1.82) is 0 Å². The Morgan fingerprint density at radius 3 is 2.04 bits per heavy atom. The smallest absolute Gasteiger partial charge is 0.159 e. The number of halogens is 2. The molecule has 0 heterocycles. The van der Waals surface area contributed by atoms with Gasteiger partial charge in [0.2, 0.25) is 0 Å². The molecule has 3 rings (SSSR count). The highest BCUT2D eigenvalue weighted by Crippen LogP contribution is 2.38. The van der Waals surface area contributed by atoms with Crippen LogP contribution in [0.4, 0.5) is 8.78 Å². The molecule has 0 spiro atoms. The van der Waals surface area contributed by atoms with Gasteiger partial charge in [-0.15, -0.1) is 0 Å². The highest BCUT2D eigenvalue weighted by molar-refractivity contribution is 5.22. The molecule has 2 saturated carbocycles. The van der Waals surface area contributed by atoms with Crippen LogP contribution in [0.3, 0.4) is 0 Å². The van der Waals surface area contributed by atoms with E-state index in [0.29, 0.717) is 11.8 Å². The quantitative estimate of drug-likeness (QED) is 0.454. The lowest BCUT2D eigenvalue weighted by Crippen LogP contribution is -2.14. The van der Waals surface area contributed by atoms with Crippen molar-refractivity contribution in [1.82, 2.24) is 0 Å². The molecule has 1 aromatic carbocycles. The van der Waals surface area contributed by atoms with Crippen LogP contribution in [-0.4, -0.2) is 0 Å². The van der Waals surface area contributed by atoms with E-state index in [4.69, 9.17) is 0 Å². The van der Waals surface area contributed by atoms with Crippen molar-refractivity contribution >= 4 is 0 Å². The van der Waals surface area contributed by atoms with Gasteiger partial charge >= 0.3 is 0 Å².